The number of carbonyl (C=O) groups excluding carboxylic acids is 2. The van der Waals surface area contributed by atoms with Gasteiger partial charge in [-0.15, -0.1) is 0 Å². The molecule has 1 aromatic heterocycles. The molecule has 3 saturated heterocycles. The number of carbonyl (C=O) groups is 2. The molecule has 5 rings (SSSR count). The summed E-state index contributed by atoms with van der Waals surface area (Å²) in [5.74, 6) is 1.61. The van der Waals surface area contributed by atoms with Gasteiger partial charge in [0, 0.05) is 31.7 Å². The number of piperidine rings is 1. The largest absolute Gasteiger partial charge is 0.381 e. The molecule has 6 nitrogen and oxygen atoms in total. The highest BCUT2D eigenvalue weighted by Crippen LogP contribution is 2.52. The van der Waals surface area contributed by atoms with Crippen LogP contribution in [0.5, 0.6) is 0 Å². The van der Waals surface area contributed by atoms with Crippen molar-refractivity contribution < 1.29 is 14.3 Å². The van der Waals surface area contributed by atoms with Crippen LogP contribution < -0.4 is 4.90 Å². The molecule has 1 saturated carbocycles. The first-order chi connectivity index (χ1) is 12.2. The van der Waals surface area contributed by atoms with E-state index in [0.717, 1.165) is 44.7 Å². The number of anilines is 1. The predicted molar refractivity (Wildman–Crippen MR) is 90.7 cm³/mol. The summed E-state index contributed by atoms with van der Waals surface area (Å²) in [6, 6.07) is 3.81. The average Bonchev–Trinajstić information content (AvgIpc) is 2.97. The first kappa shape index (κ1) is 15.3. The van der Waals surface area contributed by atoms with Crippen molar-refractivity contribution in [2.24, 2.45) is 23.2 Å². The number of hydrogen-bond acceptors (Lipinski definition) is 4. The Labute approximate surface area is 147 Å². The number of fused-ring (bicyclic) bond motifs is 1. The second kappa shape index (κ2) is 5.53. The zero-order valence-electron chi connectivity index (χ0n) is 14.3. The van der Waals surface area contributed by atoms with E-state index in [0.29, 0.717) is 30.8 Å². The number of aromatic nitrogens is 1. The van der Waals surface area contributed by atoms with Gasteiger partial charge in [-0.3, -0.25) is 14.6 Å². The Morgan fingerprint density at radius 2 is 1.88 bits per heavy atom. The fourth-order valence-corrected chi connectivity index (χ4v) is 5.02. The van der Waals surface area contributed by atoms with E-state index in [2.05, 4.69) is 4.98 Å². The minimum atomic E-state index is -0.283. The molecule has 1 unspecified atom stereocenters. The van der Waals surface area contributed by atoms with Crippen LogP contribution in [-0.4, -0.2) is 54.5 Å². The van der Waals surface area contributed by atoms with Crippen molar-refractivity contribution in [1.82, 2.24) is 9.88 Å². The zero-order valence-corrected chi connectivity index (χ0v) is 14.3. The smallest absolute Gasteiger partial charge is 0.233 e. The SMILES string of the molecule is O=C(C1[C@H]2COC[C@@H]12)N1CCC2(CC1)CCN(c1cccnc1)C2=O. The standard InChI is InChI=1S/C19H23N3O3/c23-17(16-14-11-25-12-15(14)16)21-7-3-19(4-8-21)5-9-22(18(19)24)13-2-1-6-20-10-13/h1-2,6,10,14-16H,3-5,7-9,11-12H2/t14-,15+,16?. The number of hydrogen-bond donors (Lipinski definition) is 0. The monoisotopic (exact) mass is 341 g/mol. The van der Waals surface area contributed by atoms with Crippen molar-refractivity contribution in [1.29, 1.82) is 0 Å². The molecule has 132 valence electrons. The molecule has 6 heteroatoms. The molecule has 0 radical (unpaired) electrons. The van der Waals surface area contributed by atoms with Crippen molar-refractivity contribution in [3.8, 4) is 0 Å². The third-order valence-electron chi connectivity index (χ3n) is 6.74. The van der Waals surface area contributed by atoms with Crippen LogP contribution in [0.3, 0.4) is 0 Å². The number of amides is 2. The Morgan fingerprint density at radius 1 is 1.16 bits per heavy atom. The summed E-state index contributed by atoms with van der Waals surface area (Å²) in [6.45, 7) is 3.67. The predicted octanol–water partition coefficient (Wildman–Crippen LogP) is 1.32. The van der Waals surface area contributed by atoms with Crippen molar-refractivity contribution in [3.05, 3.63) is 24.5 Å². The summed E-state index contributed by atoms with van der Waals surface area (Å²) >= 11 is 0. The molecule has 4 heterocycles. The molecule has 25 heavy (non-hydrogen) atoms. The molecular formula is C19H23N3O3. The number of pyridine rings is 1. The maximum absolute atomic E-state index is 13.0. The molecule has 1 aliphatic carbocycles. The number of ether oxygens (including phenoxy) is 1. The van der Waals surface area contributed by atoms with Crippen LogP contribution in [0, 0.1) is 23.2 Å². The Balaban J connectivity index is 1.24. The lowest BCUT2D eigenvalue weighted by molar-refractivity contribution is -0.139. The van der Waals surface area contributed by atoms with Crippen molar-refractivity contribution in [3.63, 3.8) is 0 Å². The van der Waals surface area contributed by atoms with Crippen LogP contribution in [0.4, 0.5) is 5.69 Å². The molecular weight excluding hydrogens is 318 g/mol. The fourth-order valence-electron chi connectivity index (χ4n) is 5.02. The summed E-state index contributed by atoms with van der Waals surface area (Å²) in [5.41, 5.74) is 0.600. The minimum Gasteiger partial charge on any atom is -0.381 e. The van der Waals surface area contributed by atoms with Crippen LogP contribution in [0.2, 0.25) is 0 Å². The van der Waals surface area contributed by atoms with E-state index in [1.54, 1.807) is 12.4 Å². The second-order valence-electron chi connectivity index (χ2n) is 7.91. The van der Waals surface area contributed by atoms with Crippen molar-refractivity contribution in [2.45, 2.75) is 19.3 Å². The van der Waals surface area contributed by atoms with Gasteiger partial charge in [-0.1, -0.05) is 0 Å². The first-order valence-corrected chi connectivity index (χ1v) is 9.28. The topological polar surface area (TPSA) is 62.7 Å². The highest BCUT2D eigenvalue weighted by atomic mass is 16.5. The third-order valence-corrected chi connectivity index (χ3v) is 6.74. The van der Waals surface area contributed by atoms with Crippen LogP contribution in [0.25, 0.3) is 0 Å². The van der Waals surface area contributed by atoms with E-state index >= 15 is 0 Å². The Morgan fingerprint density at radius 3 is 2.56 bits per heavy atom. The van der Waals surface area contributed by atoms with E-state index in [4.69, 9.17) is 4.74 Å². The van der Waals surface area contributed by atoms with Crippen LogP contribution in [-0.2, 0) is 14.3 Å². The quantitative estimate of drug-likeness (QED) is 0.814. The second-order valence-corrected chi connectivity index (χ2v) is 7.91. The maximum atomic E-state index is 13.0. The molecule has 4 fully saturated rings. The van der Waals surface area contributed by atoms with Crippen molar-refractivity contribution in [2.75, 3.05) is 37.7 Å². The van der Waals surface area contributed by atoms with E-state index in [9.17, 15) is 9.59 Å². The number of nitrogens with zero attached hydrogens (tertiary/aromatic N) is 3. The normalized spacial score (nSPS) is 33.0. The van der Waals surface area contributed by atoms with Gasteiger partial charge < -0.3 is 14.5 Å². The van der Waals surface area contributed by atoms with Gasteiger partial charge in [0.1, 0.15) is 0 Å². The van der Waals surface area contributed by atoms with Gasteiger partial charge in [0.2, 0.25) is 11.8 Å². The number of rotatable bonds is 2. The van der Waals surface area contributed by atoms with Gasteiger partial charge >= 0.3 is 0 Å². The van der Waals surface area contributed by atoms with Crippen molar-refractivity contribution >= 4 is 17.5 Å². The van der Waals surface area contributed by atoms with Crippen LogP contribution in [0.1, 0.15) is 19.3 Å². The average molecular weight is 341 g/mol. The highest BCUT2D eigenvalue weighted by molar-refractivity contribution is 6.00. The van der Waals surface area contributed by atoms with Crippen LogP contribution >= 0.6 is 0 Å². The van der Waals surface area contributed by atoms with E-state index in [-0.39, 0.29) is 17.2 Å². The summed E-state index contributed by atoms with van der Waals surface area (Å²) in [4.78, 5) is 33.7. The van der Waals surface area contributed by atoms with E-state index in [1.165, 1.54) is 0 Å². The summed E-state index contributed by atoms with van der Waals surface area (Å²) in [7, 11) is 0. The minimum absolute atomic E-state index is 0.189. The van der Waals surface area contributed by atoms with E-state index < -0.39 is 0 Å². The maximum Gasteiger partial charge on any atom is 0.233 e. The molecule has 0 bridgehead atoms. The van der Waals surface area contributed by atoms with Gasteiger partial charge in [-0.05, 0) is 43.2 Å². The van der Waals surface area contributed by atoms with Gasteiger partial charge in [0.25, 0.3) is 0 Å². The lowest BCUT2D eigenvalue weighted by Gasteiger charge is -2.38. The summed E-state index contributed by atoms with van der Waals surface area (Å²) in [5, 5.41) is 0. The molecule has 3 aliphatic heterocycles. The molecule has 1 spiro atoms. The van der Waals surface area contributed by atoms with Gasteiger partial charge in [0.15, 0.2) is 0 Å². The molecule has 4 aliphatic rings. The molecule has 1 aromatic rings. The lowest BCUT2D eigenvalue weighted by Crippen LogP contribution is -2.47. The molecule has 2 amide bonds. The van der Waals surface area contributed by atoms with E-state index in [1.807, 2.05) is 21.9 Å². The van der Waals surface area contributed by atoms with Crippen LogP contribution in [0.15, 0.2) is 24.5 Å². The Hall–Kier alpha value is -1.95. The van der Waals surface area contributed by atoms with Gasteiger partial charge in [-0.2, -0.15) is 0 Å². The first-order valence-electron chi connectivity index (χ1n) is 9.28. The molecule has 0 N–H and O–H groups in total. The Kier molecular flexibility index (Phi) is 3.39. The summed E-state index contributed by atoms with van der Waals surface area (Å²) < 4.78 is 5.39. The van der Waals surface area contributed by atoms with Gasteiger partial charge in [0.05, 0.1) is 30.5 Å². The number of likely N-dealkylation sites (tertiary alicyclic amines) is 1. The Bertz CT molecular complexity index is 689. The lowest BCUT2D eigenvalue weighted by atomic mass is 9.77. The zero-order chi connectivity index (χ0) is 17.0. The third kappa shape index (κ3) is 2.30. The summed E-state index contributed by atoms with van der Waals surface area (Å²) in [6.07, 6.45) is 5.93. The highest BCUT2D eigenvalue weighted by Gasteiger charge is 2.59. The molecule has 0 aromatic carbocycles. The fraction of sp³-hybridized carbons (Fsp3) is 0.632. The van der Waals surface area contributed by atoms with Gasteiger partial charge in [-0.25, -0.2) is 0 Å². The molecule has 3 atom stereocenters.